The summed E-state index contributed by atoms with van der Waals surface area (Å²) < 4.78 is 13.6. The lowest BCUT2D eigenvalue weighted by Gasteiger charge is -2.35. The van der Waals surface area contributed by atoms with Crippen LogP contribution >= 0.6 is 12.4 Å². The Bertz CT molecular complexity index is 572. The van der Waals surface area contributed by atoms with Crippen molar-refractivity contribution in [1.82, 2.24) is 15.2 Å². The Morgan fingerprint density at radius 2 is 2.21 bits per heavy atom. The monoisotopic (exact) mass is 281 g/mol. The number of hydrogen-bond donors (Lipinski definition) is 1. The Hall–Kier alpha value is -1.23. The van der Waals surface area contributed by atoms with Gasteiger partial charge in [0.2, 0.25) is 0 Å². The molecule has 0 spiro atoms. The van der Waals surface area contributed by atoms with E-state index in [9.17, 15) is 4.39 Å². The predicted octanol–water partition coefficient (Wildman–Crippen LogP) is 2.20. The van der Waals surface area contributed by atoms with Gasteiger partial charge in [0.1, 0.15) is 5.82 Å². The van der Waals surface area contributed by atoms with Gasteiger partial charge < -0.3 is 5.32 Å². The first-order valence-electron chi connectivity index (χ1n) is 6.18. The molecule has 0 aliphatic carbocycles. The normalized spacial score (nSPS) is 15.3. The van der Waals surface area contributed by atoms with E-state index in [1.807, 2.05) is 12.1 Å². The van der Waals surface area contributed by atoms with Gasteiger partial charge in [-0.1, -0.05) is 6.07 Å². The number of hydrogen-bond acceptors (Lipinski definition) is 3. The van der Waals surface area contributed by atoms with Crippen LogP contribution in [0, 0.1) is 5.82 Å². The number of benzene rings is 1. The molecule has 0 bridgehead atoms. The van der Waals surface area contributed by atoms with E-state index in [1.54, 1.807) is 12.3 Å². The fraction of sp³-hybridized carbons (Fsp3) is 0.357. The zero-order chi connectivity index (χ0) is 12.5. The molecule has 5 heteroatoms. The van der Waals surface area contributed by atoms with Crippen molar-refractivity contribution in [2.24, 2.45) is 0 Å². The molecule has 1 fully saturated rings. The summed E-state index contributed by atoms with van der Waals surface area (Å²) >= 11 is 0. The zero-order valence-electron chi connectivity index (χ0n) is 10.8. The number of rotatable bonds is 3. The minimum Gasteiger partial charge on any atom is -0.314 e. The lowest BCUT2D eigenvalue weighted by Crippen LogP contribution is -2.55. The Morgan fingerprint density at radius 3 is 2.89 bits per heavy atom. The zero-order valence-corrected chi connectivity index (χ0v) is 11.6. The fourth-order valence-corrected chi connectivity index (χ4v) is 2.33. The van der Waals surface area contributed by atoms with Crippen LogP contribution in [0.5, 0.6) is 0 Å². The Kier molecular flexibility index (Phi) is 4.34. The summed E-state index contributed by atoms with van der Waals surface area (Å²) in [6.07, 6.45) is 1.76. The van der Waals surface area contributed by atoms with E-state index < -0.39 is 0 Å². The van der Waals surface area contributed by atoms with Crippen LogP contribution in [0.3, 0.4) is 0 Å². The highest BCUT2D eigenvalue weighted by molar-refractivity contribution is 5.85. The average molecular weight is 282 g/mol. The number of fused-ring (bicyclic) bond motifs is 1. The third-order valence-electron chi connectivity index (χ3n) is 3.55. The van der Waals surface area contributed by atoms with Gasteiger partial charge in [-0.2, -0.15) is 0 Å². The summed E-state index contributed by atoms with van der Waals surface area (Å²) in [5, 5.41) is 4.11. The number of likely N-dealkylation sites (N-methyl/N-ethyl adjacent to an activating group) is 1. The van der Waals surface area contributed by atoms with Crippen molar-refractivity contribution in [3.05, 3.63) is 41.8 Å². The SMILES string of the molecule is CN(Cc1cc(F)cc2cccnc12)C1CNC1.Cl. The maximum Gasteiger partial charge on any atom is 0.124 e. The number of nitrogens with zero attached hydrogens (tertiary/aromatic N) is 2. The average Bonchev–Trinajstić information content (AvgIpc) is 2.26. The summed E-state index contributed by atoms with van der Waals surface area (Å²) in [5.41, 5.74) is 1.86. The van der Waals surface area contributed by atoms with Crippen molar-refractivity contribution in [1.29, 1.82) is 0 Å². The topological polar surface area (TPSA) is 28.2 Å². The minimum atomic E-state index is -0.189. The van der Waals surface area contributed by atoms with Crippen molar-refractivity contribution in [2.75, 3.05) is 20.1 Å². The molecule has 1 aliphatic rings. The highest BCUT2D eigenvalue weighted by Crippen LogP contribution is 2.20. The van der Waals surface area contributed by atoms with Gasteiger partial charge in [-0.3, -0.25) is 9.88 Å². The van der Waals surface area contributed by atoms with Gasteiger partial charge in [-0.05, 0) is 30.8 Å². The molecule has 0 radical (unpaired) electrons. The van der Waals surface area contributed by atoms with Gasteiger partial charge in [0.25, 0.3) is 0 Å². The third kappa shape index (κ3) is 2.86. The largest absolute Gasteiger partial charge is 0.314 e. The lowest BCUT2D eigenvalue weighted by molar-refractivity contribution is 0.173. The molecule has 102 valence electrons. The molecule has 0 unspecified atom stereocenters. The molecule has 1 aromatic carbocycles. The highest BCUT2D eigenvalue weighted by Gasteiger charge is 2.22. The summed E-state index contributed by atoms with van der Waals surface area (Å²) in [7, 11) is 2.07. The highest BCUT2D eigenvalue weighted by atomic mass is 35.5. The molecule has 2 aromatic rings. The van der Waals surface area contributed by atoms with E-state index in [4.69, 9.17) is 0 Å². The lowest BCUT2D eigenvalue weighted by atomic mass is 10.1. The summed E-state index contributed by atoms with van der Waals surface area (Å²) in [4.78, 5) is 6.62. The van der Waals surface area contributed by atoms with Gasteiger partial charge in [-0.15, -0.1) is 12.4 Å². The second kappa shape index (κ2) is 5.82. The van der Waals surface area contributed by atoms with E-state index in [-0.39, 0.29) is 18.2 Å². The van der Waals surface area contributed by atoms with Gasteiger partial charge in [0.15, 0.2) is 0 Å². The smallest absolute Gasteiger partial charge is 0.124 e. The predicted molar refractivity (Wildman–Crippen MR) is 77.1 cm³/mol. The van der Waals surface area contributed by atoms with Crippen LogP contribution in [-0.2, 0) is 6.54 Å². The molecular weight excluding hydrogens is 265 g/mol. The fourth-order valence-electron chi connectivity index (χ4n) is 2.33. The third-order valence-corrected chi connectivity index (χ3v) is 3.55. The molecule has 0 amide bonds. The van der Waals surface area contributed by atoms with E-state index in [1.165, 1.54) is 6.07 Å². The molecular formula is C14H17ClFN3. The number of aromatic nitrogens is 1. The second-order valence-electron chi connectivity index (χ2n) is 4.87. The minimum absolute atomic E-state index is 0. The van der Waals surface area contributed by atoms with Crippen LogP contribution in [0.4, 0.5) is 4.39 Å². The molecule has 19 heavy (non-hydrogen) atoms. The van der Waals surface area contributed by atoms with Crippen molar-refractivity contribution < 1.29 is 4.39 Å². The van der Waals surface area contributed by atoms with Crippen LogP contribution < -0.4 is 5.32 Å². The van der Waals surface area contributed by atoms with Crippen LogP contribution in [0.1, 0.15) is 5.56 Å². The molecule has 1 saturated heterocycles. The molecule has 3 nitrogen and oxygen atoms in total. The van der Waals surface area contributed by atoms with Crippen molar-refractivity contribution in [3.63, 3.8) is 0 Å². The van der Waals surface area contributed by atoms with E-state index >= 15 is 0 Å². The molecule has 0 atom stereocenters. The van der Waals surface area contributed by atoms with Crippen molar-refractivity contribution in [2.45, 2.75) is 12.6 Å². The Labute approximate surface area is 118 Å². The van der Waals surface area contributed by atoms with Crippen molar-refractivity contribution in [3.8, 4) is 0 Å². The Morgan fingerprint density at radius 1 is 1.42 bits per heavy atom. The van der Waals surface area contributed by atoms with Crippen molar-refractivity contribution >= 4 is 23.3 Å². The van der Waals surface area contributed by atoms with Gasteiger partial charge in [0.05, 0.1) is 5.52 Å². The summed E-state index contributed by atoms with van der Waals surface area (Å²) in [5.74, 6) is -0.189. The number of halogens is 2. The Balaban J connectivity index is 0.00000133. The van der Waals surface area contributed by atoms with Crippen LogP contribution in [-0.4, -0.2) is 36.1 Å². The summed E-state index contributed by atoms with van der Waals surface area (Å²) in [6, 6.07) is 7.42. The summed E-state index contributed by atoms with van der Waals surface area (Å²) in [6.45, 7) is 2.76. The van der Waals surface area contributed by atoms with Crippen LogP contribution in [0.2, 0.25) is 0 Å². The van der Waals surface area contributed by atoms with Gasteiger partial charge in [0, 0.05) is 37.3 Å². The molecule has 2 heterocycles. The maximum absolute atomic E-state index is 13.6. The maximum atomic E-state index is 13.6. The molecule has 1 N–H and O–H groups in total. The second-order valence-corrected chi connectivity index (χ2v) is 4.87. The van der Waals surface area contributed by atoms with Crippen LogP contribution in [0.25, 0.3) is 10.9 Å². The van der Waals surface area contributed by atoms with Crippen LogP contribution in [0.15, 0.2) is 30.5 Å². The molecule has 1 aromatic heterocycles. The van der Waals surface area contributed by atoms with Gasteiger partial charge >= 0.3 is 0 Å². The first kappa shape index (κ1) is 14.2. The number of nitrogens with one attached hydrogen (secondary N) is 1. The van der Waals surface area contributed by atoms with Gasteiger partial charge in [-0.25, -0.2) is 4.39 Å². The standard InChI is InChI=1S/C14H16FN3.ClH/c1-18(13-7-16-8-13)9-11-6-12(15)5-10-3-2-4-17-14(10)11;/h2-6,13,16H,7-9H2,1H3;1H. The molecule has 0 saturated carbocycles. The first-order valence-corrected chi connectivity index (χ1v) is 6.18. The number of pyridine rings is 1. The molecule has 1 aliphatic heterocycles. The van der Waals surface area contributed by atoms with E-state index in [0.717, 1.165) is 36.1 Å². The van der Waals surface area contributed by atoms with E-state index in [0.29, 0.717) is 6.04 Å². The first-order chi connectivity index (χ1) is 8.74. The quantitative estimate of drug-likeness (QED) is 0.935. The van der Waals surface area contributed by atoms with E-state index in [2.05, 4.69) is 22.2 Å². The molecule has 3 rings (SSSR count).